The van der Waals surface area contributed by atoms with Crippen LogP contribution in [0.4, 0.5) is 5.95 Å². The molecule has 0 saturated carbocycles. The molecule has 0 unspecified atom stereocenters. The highest BCUT2D eigenvalue weighted by molar-refractivity contribution is 5.98. The van der Waals surface area contributed by atoms with Crippen molar-refractivity contribution in [2.24, 2.45) is 0 Å². The molecule has 33 heavy (non-hydrogen) atoms. The zero-order valence-electron chi connectivity index (χ0n) is 18.5. The molecule has 8 heteroatoms. The van der Waals surface area contributed by atoms with Crippen LogP contribution in [0.5, 0.6) is 0 Å². The third-order valence-electron chi connectivity index (χ3n) is 5.98. The van der Waals surface area contributed by atoms with E-state index in [2.05, 4.69) is 27.0 Å². The molecule has 1 aliphatic heterocycles. The minimum Gasteiger partial charge on any atom is -0.339 e. The fraction of sp³-hybridized carbons (Fsp3) is 0.240. The van der Waals surface area contributed by atoms with Crippen LogP contribution >= 0.6 is 0 Å². The van der Waals surface area contributed by atoms with Crippen LogP contribution in [0.25, 0.3) is 16.9 Å². The molecule has 0 spiro atoms. The average molecular weight is 440 g/mol. The van der Waals surface area contributed by atoms with E-state index >= 15 is 0 Å². The van der Waals surface area contributed by atoms with Gasteiger partial charge in [-0.1, -0.05) is 42.5 Å². The largest absolute Gasteiger partial charge is 0.339 e. The Morgan fingerprint density at radius 3 is 2.45 bits per heavy atom. The second-order valence-corrected chi connectivity index (χ2v) is 8.07. The van der Waals surface area contributed by atoms with Gasteiger partial charge >= 0.3 is 0 Å². The number of nitrogens with zero attached hydrogens (tertiary/aromatic N) is 7. The lowest BCUT2D eigenvalue weighted by Crippen LogP contribution is -2.40. The Bertz CT molecular complexity index is 1230. The summed E-state index contributed by atoms with van der Waals surface area (Å²) in [5.41, 5.74) is 3.23. The lowest BCUT2D eigenvalue weighted by Gasteiger charge is -2.27. The van der Waals surface area contributed by atoms with Crippen molar-refractivity contribution in [3.8, 4) is 16.9 Å². The number of benzene rings is 2. The van der Waals surface area contributed by atoms with Gasteiger partial charge in [-0.05, 0) is 31.5 Å². The summed E-state index contributed by atoms with van der Waals surface area (Å²) in [6, 6.07) is 19.6. The molecular formula is C25H25N7O. The van der Waals surface area contributed by atoms with E-state index in [1.54, 1.807) is 18.6 Å². The van der Waals surface area contributed by atoms with Gasteiger partial charge in [-0.3, -0.25) is 4.79 Å². The topological polar surface area (TPSA) is 80.0 Å². The zero-order chi connectivity index (χ0) is 22.6. The molecule has 166 valence electrons. The van der Waals surface area contributed by atoms with Gasteiger partial charge < -0.3 is 9.80 Å². The summed E-state index contributed by atoms with van der Waals surface area (Å²) in [6.07, 6.45) is 5.84. The molecule has 0 aliphatic carbocycles. The van der Waals surface area contributed by atoms with Gasteiger partial charge in [0.2, 0.25) is 5.95 Å². The van der Waals surface area contributed by atoms with E-state index in [1.807, 2.05) is 65.6 Å². The van der Waals surface area contributed by atoms with Crippen LogP contribution in [0.15, 0.2) is 79.3 Å². The Kier molecular flexibility index (Phi) is 5.80. The number of hydrogen-bond donors (Lipinski definition) is 0. The number of carbonyl (C=O) groups excluding carboxylic acids is 1. The minimum atomic E-state index is -0.0174. The Morgan fingerprint density at radius 1 is 0.879 bits per heavy atom. The second-order valence-electron chi connectivity index (χ2n) is 8.07. The van der Waals surface area contributed by atoms with Crippen molar-refractivity contribution in [2.45, 2.75) is 19.4 Å². The van der Waals surface area contributed by atoms with Crippen molar-refractivity contribution in [1.29, 1.82) is 0 Å². The summed E-state index contributed by atoms with van der Waals surface area (Å²) in [5.74, 6) is 0.676. The van der Waals surface area contributed by atoms with E-state index in [-0.39, 0.29) is 11.9 Å². The van der Waals surface area contributed by atoms with Gasteiger partial charge in [0.05, 0.1) is 29.3 Å². The van der Waals surface area contributed by atoms with Crippen LogP contribution in [0, 0.1) is 0 Å². The molecule has 2 aromatic carbocycles. The Balaban J connectivity index is 1.37. The van der Waals surface area contributed by atoms with Crippen molar-refractivity contribution in [3.05, 3.63) is 84.8 Å². The number of rotatable bonds is 4. The summed E-state index contributed by atoms with van der Waals surface area (Å²) in [5, 5.41) is 8.41. The lowest BCUT2D eigenvalue weighted by molar-refractivity contribution is 0.0705. The molecule has 1 atom stereocenters. The van der Waals surface area contributed by atoms with Gasteiger partial charge in [0, 0.05) is 37.4 Å². The van der Waals surface area contributed by atoms with E-state index in [1.165, 1.54) is 4.80 Å². The van der Waals surface area contributed by atoms with Crippen LogP contribution < -0.4 is 4.90 Å². The maximum Gasteiger partial charge on any atom is 0.256 e. The van der Waals surface area contributed by atoms with Crippen LogP contribution in [0.1, 0.15) is 23.7 Å². The fourth-order valence-electron chi connectivity index (χ4n) is 4.16. The maximum atomic E-state index is 13.6. The predicted octanol–water partition coefficient (Wildman–Crippen LogP) is 3.47. The number of anilines is 1. The lowest BCUT2D eigenvalue weighted by atomic mass is 10.1. The first-order valence-electron chi connectivity index (χ1n) is 11.1. The van der Waals surface area contributed by atoms with Crippen LogP contribution in [0.2, 0.25) is 0 Å². The highest BCUT2D eigenvalue weighted by Crippen LogP contribution is 2.23. The quantitative estimate of drug-likeness (QED) is 0.484. The maximum absolute atomic E-state index is 13.6. The highest BCUT2D eigenvalue weighted by Gasteiger charge is 2.28. The van der Waals surface area contributed by atoms with Gasteiger partial charge in [0.25, 0.3) is 5.91 Å². The first-order valence-corrected chi connectivity index (χ1v) is 11.1. The van der Waals surface area contributed by atoms with E-state index in [9.17, 15) is 4.79 Å². The molecule has 0 radical (unpaired) electrons. The summed E-state index contributed by atoms with van der Waals surface area (Å²) >= 11 is 0. The van der Waals surface area contributed by atoms with Crippen molar-refractivity contribution in [3.63, 3.8) is 0 Å². The Hall–Kier alpha value is -4.07. The monoisotopic (exact) mass is 439 g/mol. The molecule has 8 nitrogen and oxygen atoms in total. The van der Waals surface area contributed by atoms with Gasteiger partial charge in [-0.25, -0.2) is 9.97 Å². The number of amides is 1. The molecule has 1 fully saturated rings. The zero-order valence-corrected chi connectivity index (χ0v) is 18.5. The summed E-state index contributed by atoms with van der Waals surface area (Å²) in [7, 11) is 0. The van der Waals surface area contributed by atoms with E-state index in [0.29, 0.717) is 30.3 Å². The molecule has 4 aromatic rings. The SMILES string of the molecule is C[C@H]1CCN(c2nccc(-c3ccccc3)n2)CCN1C(=O)c1ccccc1-n1nccn1. The number of hydrogen-bond acceptors (Lipinski definition) is 6. The average Bonchev–Trinajstić information content (AvgIpc) is 3.34. The fourth-order valence-corrected chi connectivity index (χ4v) is 4.16. The van der Waals surface area contributed by atoms with Crippen molar-refractivity contribution in [1.82, 2.24) is 29.9 Å². The molecule has 1 amide bonds. The predicted molar refractivity (Wildman–Crippen MR) is 126 cm³/mol. The standard InChI is InChI=1S/C25H25N7O/c1-19-12-16-30(25-26-13-11-22(29-25)20-7-3-2-4-8-20)17-18-31(19)24(33)21-9-5-6-10-23(21)32-27-14-15-28-32/h2-11,13-15,19H,12,16-18H2,1H3/t19-/m0/s1. The summed E-state index contributed by atoms with van der Waals surface area (Å²) < 4.78 is 0. The third kappa shape index (κ3) is 4.32. The molecule has 1 saturated heterocycles. The summed E-state index contributed by atoms with van der Waals surface area (Å²) in [6.45, 7) is 4.12. The van der Waals surface area contributed by atoms with Gasteiger partial charge in [-0.2, -0.15) is 15.0 Å². The molecule has 0 bridgehead atoms. The number of carbonyl (C=O) groups is 1. The second kappa shape index (κ2) is 9.20. The molecule has 5 rings (SSSR count). The normalized spacial score (nSPS) is 16.5. The minimum absolute atomic E-state index is 0.0174. The first kappa shape index (κ1) is 20.8. The van der Waals surface area contributed by atoms with E-state index in [4.69, 9.17) is 4.98 Å². The van der Waals surface area contributed by atoms with Gasteiger partial charge in [-0.15, -0.1) is 0 Å². The van der Waals surface area contributed by atoms with Crippen molar-refractivity contribution in [2.75, 3.05) is 24.5 Å². The molecular weight excluding hydrogens is 414 g/mol. The Labute approximate surface area is 192 Å². The summed E-state index contributed by atoms with van der Waals surface area (Å²) in [4.78, 5) is 28.5. The van der Waals surface area contributed by atoms with Crippen LogP contribution in [0.3, 0.4) is 0 Å². The number of para-hydroxylation sites is 1. The molecule has 3 heterocycles. The number of aromatic nitrogens is 5. The van der Waals surface area contributed by atoms with Crippen molar-refractivity contribution < 1.29 is 4.79 Å². The molecule has 0 N–H and O–H groups in total. The van der Waals surface area contributed by atoms with Gasteiger partial charge in [0.15, 0.2) is 0 Å². The first-order chi connectivity index (χ1) is 16.2. The highest BCUT2D eigenvalue weighted by atomic mass is 16.2. The van der Waals surface area contributed by atoms with Crippen molar-refractivity contribution >= 4 is 11.9 Å². The van der Waals surface area contributed by atoms with E-state index in [0.717, 1.165) is 24.2 Å². The van der Waals surface area contributed by atoms with Crippen LogP contribution in [-0.2, 0) is 0 Å². The molecule has 2 aromatic heterocycles. The van der Waals surface area contributed by atoms with E-state index < -0.39 is 0 Å². The Morgan fingerprint density at radius 2 is 1.64 bits per heavy atom. The van der Waals surface area contributed by atoms with Crippen LogP contribution in [-0.4, -0.2) is 61.4 Å². The smallest absolute Gasteiger partial charge is 0.256 e. The third-order valence-corrected chi connectivity index (χ3v) is 5.98. The molecule has 1 aliphatic rings. The van der Waals surface area contributed by atoms with Gasteiger partial charge in [0.1, 0.15) is 0 Å².